The highest BCUT2D eigenvalue weighted by Gasteiger charge is 2.36. The number of hydrogen-bond acceptors (Lipinski definition) is 2. The van der Waals surface area contributed by atoms with Gasteiger partial charge in [-0.2, -0.15) is 23.7 Å². The average Bonchev–Trinajstić information content (AvgIpc) is 3.77. The zero-order valence-electron chi connectivity index (χ0n) is 34.4. The molecule has 0 unspecified atom stereocenters. The van der Waals surface area contributed by atoms with Crippen LogP contribution in [0.25, 0.3) is 88.4 Å². The smallest absolute Gasteiger partial charge is 0.308 e. The first-order valence-electron chi connectivity index (χ1n) is 20.4. The lowest BCUT2D eigenvalue weighted by Gasteiger charge is -2.23. The molecule has 8 aromatic carbocycles. The minimum Gasteiger partial charge on any atom is -0.308 e. The minimum absolute atomic E-state index is 0.109. The first-order valence-corrected chi connectivity index (χ1v) is 20.4. The van der Waals surface area contributed by atoms with Gasteiger partial charge in [-0.1, -0.05) is 114 Å². The molecule has 2 heterocycles. The Hall–Kier alpha value is -7.87. The summed E-state index contributed by atoms with van der Waals surface area (Å²) in [5.74, 6) is 0. The third-order valence-electron chi connectivity index (χ3n) is 12.2. The van der Waals surface area contributed by atoms with E-state index in [4.69, 9.17) is 0 Å². The first-order chi connectivity index (χ1) is 29.9. The summed E-state index contributed by atoms with van der Waals surface area (Å²) in [5, 5.41) is 24.4. The van der Waals surface area contributed by atoms with Crippen molar-refractivity contribution in [2.45, 2.75) is 33.9 Å². The Morgan fingerprint density at radius 3 is 1.34 bits per heavy atom. The van der Waals surface area contributed by atoms with E-state index in [-0.39, 0.29) is 22.3 Å². The summed E-state index contributed by atoms with van der Waals surface area (Å²) in [5.41, 5.74) is 11.7. The van der Waals surface area contributed by atoms with Crippen molar-refractivity contribution in [2.75, 3.05) is 0 Å². The molecule has 0 saturated carbocycles. The maximum atomic E-state index is 15.6. The van der Waals surface area contributed by atoms with Crippen LogP contribution in [0.5, 0.6) is 0 Å². The quantitative estimate of drug-likeness (QED) is 0.174. The summed E-state index contributed by atoms with van der Waals surface area (Å²) < 4.78 is 50.8. The second-order valence-corrected chi connectivity index (χ2v) is 16.2. The van der Waals surface area contributed by atoms with Crippen molar-refractivity contribution in [3.8, 4) is 56.9 Å². The summed E-state index contributed by atoms with van der Waals surface area (Å²) in [6, 6.07) is 52.3. The summed E-state index contributed by atoms with van der Waals surface area (Å²) >= 11 is 0. The van der Waals surface area contributed by atoms with Crippen LogP contribution in [0.4, 0.5) is 13.2 Å². The van der Waals surface area contributed by atoms with E-state index in [9.17, 15) is 10.5 Å². The van der Waals surface area contributed by atoms with Crippen LogP contribution in [0.3, 0.4) is 0 Å². The van der Waals surface area contributed by atoms with Gasteiger partial charge < -0.3 is 9.13 Å². The Bertz CT molecular complexity index is 3400. The average molecular weight is 811 g/mol. The molecule has 0 amide bonds. The van der Waals surface area contributed by atoms with Crippen molar-refractivity contribution in [1.82, 2.24) is 9.13 Å². The van der Waals surface area contributed by atoms with Crippen LogP contribution < -0.4 is 0 Å². The van der Waals surface area contributed by atoms with Gasteiger partial charge in [-0.25, -0.2) is 0 Å². The van der Waals surface area contributed by atoms with Gasteiger partial charge in [0.15, 0.2) is 0 Å². The molecule has 0 N–H and O–H groups in total. The molecule has 10 rings (SSSR count). The Morgan fingerprint density at radius 1 is 0.435 bits per heavy atom. The minimum atomic E-state index is -4.83. The molecule has 0 atom stereocenters. The van der Waals surface area contributed by atoms with Crippen LogP contribution in [0.2, 0.25) is 0 Å². The van der Waals surface area contributed by atoms with Gasteiger partial charge in [-0.15, -0.1) is 0 Å². The first kappa shape index (κ1) is 38.3. The van der Waals surface area contributed by atoms with Gasteiger partial charge in [-0.3, -0.25) is 0 Å². The van der Waals surface area contributed by atoms with Gasteiger partial charge in [0.2, 0.25) is 0 Å². The SMILES string of the molecule is Cc1ccc(-c2ccc3c4ccccc4n(-c4cc(C#N)cc(-n5c6ccccc6c6ccc(-c7ccc(C)cc7C)cc65)c4-c4ccc(C#N)cc4C(F)(F)F)c3c2)c(C)c1. The zero-order chi connectivity index (χ0) is 43.0. The molecule has 298 valence electrons. The number of halogens is 3. The Kier molecular flexibility index (Phi) is 8.91. The molecular weight excluding hydrogens is 774 g/mol. The molecule has 0 spiro atoms. The fourth-order valence-corrected chi connectivity index (χ4v) is 9.44. The van der Waals surface area contributed by atoms with Crippen molar-refractivity contribution < 1.29 is 13.2 Å². The third-order valence-corrected chi connectivity index (χ3v) is 12.2. The fourth-order valence-electron chi connectivity index (χ4n) is 9.44. The molecule has 0 aliphatic carbocycles. The number of nitriles is 2. The van der Waals surface area contributed by atoms with Gasteiger partial charge in [0.25, 0.3) is 0 Å². The lowest BCUT2D eigenvalue weighted by Crippen LogP contribution is -2.11. The van der Waals surface area contributed by atoms with Crippen LogP contribution in [0.15, 0.2) is 152 Å². The summed E-state index contributed by atoms with van der Waals surface area (Å²) in [4.78, 5) is 0. The summed E-state index contributed by atoms with van der Waals surface area (Å²) in [6.07, 6.45) is -4.83. The monoisotopic (exact) mass is 810 g/mol. The Balaban J connectivity index is 1.40. The van der Waals surface area contributed by atoms with Gasteiger partial charge in [0, 0.05) is 27.1 Å². The maximum Gasteiger partial charge on any atom is 0.417 e. The molecular formula is C55H37F3N4. The summed E-state index contributed by atoms with van der Waals surface area (Å²) in [6.45, 7) is 8.26. The molecule has 10 aromatic rings. The van der Waals surface area contributed by atoms with Crippen molar-refractivity contribution in [1.29, 1.82) is 10.5 Å². The number of benzene rings is 8. The van der Waals surface area contributed by atoms with Crippen molar-refractivity contribution >= 4 is 43.6 Å². The van der Waals surface area contributed by atoms with Crippen molar-refractivity contribution in [2.24, 2.45) is 0 Å². The Labute approximate surface area is 356 Å². The zero-order valence-corrected chi connectivity index (χ0v) is 34.4. The second-order valence-electron chi connectivity index (χ2n) is 16.2. The molecule has 62 heavy (non-hydrogen) atoms. The number of fused-ring (bicyclic) bond motifs is 6. The predicted octanol–water partition coefficient (Wildman–Crippen LogP) is 14.9. The van der Waals surface area contributed by atoms with E-state index in [0.717, 1.165) is 94.2 Å². The van der Waals surface area contributed by atoms with Crippen molar-refractivity contribution in [3.63, 3.8) is 0 Å². The van der Waals surface area contributed by atoms with Crippen LogP contribution in [0, 0.1) is 50.4 Å². The van der Waals surface area contributed by atoms with E-state index in [1.165, 1.54) is 12.1 Å². The summed E-state index contributed by atoms with van der Waals surface area (Å²) in [7, 11) is 0. The molecule has 4 nitrogen and oxygen atoms in total. The van der Waals surface area contributed by atoms with Crippen LogP contribution >= 0.6 is 0 Å². The lowest BCUT2D eigenvalue weighted by atomic mass is 9.92. The Morgan fingerprint density at radius 2 is 0.887 bits per heavy atom. The molecule has 0 fully saturated rings. The number of aryl methyl sites for hydroxylation is 4. The van der Waals surface area contributed by atoms with E-state index < -0.39 is 11.7 Å². The molecule has 0 radical (unpaired) electrons. The molecule has 2 aromatic heterocycles. The number of hydrogen-bond donors (Lipinski definition) is 0. The van der Waals surface area contributed by atoms with Gasteiger partial charge in [0.05, 0.1) is 62.3 Å². The number of para-hydroxylation sites is 2. The van der Waals surface area contributed by atoms with E-state index in [2.05, 4.69) is 107 Å². The van der Waals surface area contributed by atoms with E-state index in [1.54, 1.807) is 12.1 Å². The topological polar surface area (TPSA) is 57.4 Å². The fraction of sp³-hybridized carbons (Fsp3) is 0.0909. The predicted molar refractivity (Wildman–Crippen MR) is 245 cm³/mol. The van der Waals surface area contributed by atoms with Crippen LogP contribution in [-0.2, 0) is 6.18 Å². The number of nitrogens with zero attached hydrogens (tertiary/aromatic N) is 4. The van der Waals surface area contributed by atoms with Gasteiger partial charge in [-0.05, 0) is 115 Å². The van der Waals surface area contributed by atoms with E-state index in [0.29, 0.717) is 11.4 Å². The normalized spacial score (nSPS) is 11.8. The third kappa shape index (κ3) is 6.13. The molecule has 0 saturated heterocycles. The van der Waals surface area contributed by atoms with E-state index in [1.807, 2.05) is 63.7 Å². The highest BCUT2D eigenvalue weighted by atomic mass is 19.4. The van der Waals surface area contributed by atoms with Gasteiger partial charge in [0.1, 0.15) is 0 Å². The van der Waals surface area contributed by atoms with Crippen molar-refractivity contribution in [3.05, 3.63) is 191 Å². The lowest BCUT2D eigenvalue weighted by molar-refractivity contribution is -0.137. The largest absolute Gasteiger partial charge is 0.417 e. The van der Waals surface area contributed by atoms with Gasteiger partial charge >= 0.3 is 6.18 Å². The molecule has 0 bridgehead atoms. The van der Waals surface area contributed by atoms with Crippen LogP contribution in [0.1, 0.15) is 38.9 Å². The molecule has 7 heteroatoms. The molecule has 0 aliphatic rings. The van der Waals surface area contributed by atoms with E-state index >= 15 is 13.2 Å². The number of alkyl halides is 3. The highest BCUT2D eigenvalue weighted by molar-refractivity contribution is 6.13. The highest BCUT2D eigenvalue weighted by Crippen LogP contribution is 2.47. The standard InChI is InChI=1S/C55H37F3N4/c1-32-13-18-40(34(3)23-32)38-16-21-44-42-9-5-7-11-48(42)61(50(44)28-38)52-26-37(31-60)27-53(54(52)46-20-15-36(30-59)25-47(46)55(56,57)58)62-49-12-8-6-10-43(49)45-22-17-39(29-51(45)62)41-19-14-33(2)24-35(41)4/h5-29H,1-4H3. The maximum absolute atomic E-state index is 15.6. The molecule has 0 aliphatic heterocycles. The second kappa shape index (κ2) is 14.4. The van der Waals surface area contributed by atoms with Crippen LogP contribution in [-0.4, -0.2) is 9.13 Å². The number of aromatic nitrogens is 2. The number of rotatable bonds is 5.